The number of piperidine rings is 1. The smallest absolute Gasteiger partial charge is 0.257 e. The SMILES string of the molecule is Cc1c(C(=O)N2CCC(N)C(C)(C)C2)cnn1-c1cccc(Br)c1. The Morgan fingerprint density at radius 2 is 2.17 bits per heavy atom. The average Bonchev–Trinajstić information content (AvgIpc) is 2.91. The number of rotatable bonds is 2. The fraction of sp³-hybridized carbons (Fsp3) is 0.444. The Hall–Kier alpha value is -1.66. The van der Waals surface area contributed by atoms with E-state index in [-0.39, 0.29) is 17.4 Å². The van der Waals surface area contributed by atoms with Gasteiger partial charge in [0.2, 0.25) is 0 Å². The van der Waals surface area contributed by atoms with Crippen LogP contribution in [0.5, 0.6) is 0 Å². The predicted octanol–water partition coefficient (Wildman–Crippen LogP) is 3.14. The largest absolute Gasteiger partial charge is 0.338 e. The molecule has 1 fully saturated rings. The maximum Gasteiger partial charge on any atom is 0.257 e. The summed E-state index contributed by atoms with van der Waals surface area (Å²) >= 11 is 3.47. The number of nitrogens with two attached hydrogens (primary N) is 1. The standard InChI is InChI=1S/C18H23BrN4O/c1-12-15(10-21-23(12)14-6-4-5-13(19)9-14)17(24)22-8-7-16(20)18(2,3)11-22/h4-6,9-10,16H,7-8,11,20H2,1-3H3. The third-order valence-corrected chi connectivity index (χ3v) is 5.39. The van der Waals surface area contributed by atoms with Crippen LogP contribution in [-0.4, -0.2) is 39.7 Å². The van der Waals surface area contributed by atoms with Gasteiger partial charge in [-0.25, -0.2) is 4.68 Å². The number of hydrogen-bond donors (Lipinski definition) is 1. The fourth-order valence-corrected chi connectivity index (χ4v) is 3.59. The van der Waals surface area contributed by atoms with Gasteiger partial charge < -0.3 is 10.6 Å². The van der Waals surface area contributed by atoms with Crippen molar-refractivity contribution in [3.63, 3.8) is 0 Å². The highest BCUT2D eigenvalue weighted by molar-refractivity contribution is 9.10. The molecule has 0 bridgehead atoms. The molecule has 1 aromatic carbocycles. The van der Waals surface area contributed by atoms with Crippen LogP contribution in [0.25, 0.3) is 5.69 Å². The van der Waals surface area contributed by atoms with Crippen molar-refractivity contribution in [1.82, 2.24) is 14.7 Å². The molecule has 6 heteroatoms. The minimum Gasteiger partial charge on any atom is -0.338 e. The van der Waals surface area contributed by atoms with Crippen molar-refractivity contribution in [2.24, 2.45) is 11.1 Å². The molecule has 0 aliphatic carbocycles. The molecule has 5 nitrogen and oxygen atoms in total. The van der Waals surface area contributed by atoms with Crippen molar-refractivity contribution in [3.8, 4) is 5.69 Å². The molecule has 2 N–H and O–H groups in total. The summed E-state index contributed by atoms with van der Waals surface area (Å²) in [5.74, 6) is 0.0359. The zero-order valence-electron chi connectivity index (χ0n) is 14.3. The van der Waals surface area contributed by atoms with Crippen LogP contribution in [-0.2, 0) is 0 Å². The summed E-state index contributed by atoms with van der Waals surface area (Å²) in [5, 5.41) is 4.42. The molecule has 128 valence electrons. The van der Waals surface area contributed by atoms with Gasteiger partial charge in [0.15, 0.2) is 0 Å². The van der Waals surface area contributed by atoms with Crippen molar-refractivity contribution in [2.75, 3.05) is 13.1 Å². The molecule has 1 saturated heterocycles. The molecule has 1 amide bonds. The van der Waals surface area contributed by atoms with Crippen LogP contribution in [0.4, 0.5) is 0 Å². The summed E-state index contributed by atoms with van der Waals surface area (Å²) in [6, 6.07) is 8.01. The van der Waals surface area contributed by atoms with E-state index in [0.29, 0.717) is 18.7 Å². The van der Waals surface area contributed by atoms with Gasteiger partial charge in [-0.2, -0.15) is 5.10 Å². The van der Waals surface area contributed by atoms with Gasteiger partial charge in [-0.3, -0.25) is 4.79 Å². The quantitative estimate of drug-likeness (QED) is 0.856. The third kappa shape index (κ3) is 3.13. The second-order valence-electron chi connectivity index (χ2n) is 7.15. The molecule has 0 saturated carbocycles. The first-order valence-corrected chi connectivity index (χ1v) is 8.94. The van der Waals surface area contributed by atoms with Gasteiger partial charge in [0.1, 0.15) is 0 Å². The van der Waals surface area contributed by atoms with Gasteiger partial charge in [-0.05, 0) is 37.0 Å². The molecule has 1 unspecified atom stereocenters. The van der Waals surface area contributed by atoms with Gasteiger partial charge >= 0.3 is 0 Å². The zero-order chi connectivity index (χ0) is 17.5. The van der Waals surface area contributed by atoms with Crippen LogP contribution < -0.4 is 5.73 Å². The lowest BCUT2D eigenvalue weighted by atomic mass is 9.79. The highest BCUT2D eigenvalue weighted by atomic mass is 79.9. The average molecular weight is 391 g/mol. The molecule has 1 aliphatic heterocycles. The second kappa shape index (κ2) is 6.33. The number of carbonyl (C=O) groups excluding carboxylic acids is 1. The number of likely N-dealkylation sites (tertiary alicyclic amines) is 1. The summed E-state index contributed by atoms with van der Waals surface area (Å²) in [4.78, 5) is 14.9. The van der Waals surface area contributed by atoms with Crippen LogP contribution in [0.3, 0.4) is 0 Å². The van der Waals surface area contributed by atoms with Crippen LogP contribution in [0, 0.1) is 12.3 Å². The van der Waals surface area contributed by atoms with E-state index in [2.05, 4.69) is 34.9 Å². The van der Waals surface area contributed by atoms with Crippen molar-refractivity contribution >= 4 is 21.8 Å². The Kier molecular flexibility index (Phi) is 4.53. The number of halogens is 1. The highest BCUT2D eigenvalue weighted by Gasteiger charge is 2.36. The lowest BCUT2D eigenvalue weighted by Gasteiger charge is -2.42. The molecule has 1 aromatic heterocycles. The van der Waals surface area contributed by atoms with Crippen molar-refractivity contribution < 1.29 is 4.79 Å². The first kappa shape index (κ1) is 17.2. The molecule has 2 aromatic rings. The van der Waals surface area contributed by atoms with E-state index >= 15 is 0 Å². The first-order chi connectivity index (χ1) is 11.3. The predicted molar refractivity (Wildman–Crippen MR) is 98.3 cm³/mol. The van der Waals surface area contributed by atoms with Gasteiger partial charge in [0.05, 0.1) is 23.1 Å². The van der Waals surface area contributed by atoms with E-state index in [1.54, 1.807) is 10.9 Å². The Morgan fingerprint density at radius 1 is 1.42 bits per heavy atom. The summed E-state index contributed by atoms with van der Waals surface area (Å²) in [6.45, 7) is 7.55. The monoisotopic (exact) mass is 390 g/mol. The number of hydrogen-bond acceptors (Lipinski definition) is 3. The molecule has 2 heterocycles. The molecule has 24 heavy (non-hydrogen) atoms. The Labute approximate surface area is 151 Å². The minimum absolute atomic E-state index is 0.0359. The molecule has 0 radical (unpaired) electrons. The summed E-state index contributed by atoms with van der Waals surface area (Å²) in [6.07, 6.45) is 2.50. The Morgan fingerprint density at radius 3 is 2.83 bits per heavy atom. The normalized spacial score (nSPS) is 20.2. The summed E-state index contributed by atoms with van der Waals surface area (Å²) < 4.78 is 2.79. The van der Waals surface area contributed by atoms with Crippen LogP contribution >= 0.6 is 15.9 Å². The second-order valence-corrected chi connectivity index (χ2v) is 8.06. The van der Waals surface area contributed by atoms with Crippen LogP contribution in [0.2, 0.25) is 0 Å². The molecular weight excluding hydrogens is 368 g/mol. The number of carbonyl (C=O) groups is 1. The topological polar surface area (TPSA) is 64.2 Å². The summed E-state index contributed by atoms with van der Waals surface area (Å²) in [7, 11) is 0. The van der Waals surface area contributed by atoms with E-state index < -0.39 is 0 Å². The van der Waals surface area contributed by atoms with Crippen LogP contribution in [0.1, 0.15) is 36.3 Å². The highest BCUT2D eigenvalue weighted by Crippen LogP contribution is 2.29. The van der Waals surface area contributed by atoms with Gasteiger partial charge in [0, 0.05) is 23.6 Å². The lowest BCUT2D eigenvalue weighted by Crippen LogP contribution is -2.54. The molecular formula is C18H23BrN4O. The van der Waals surface area contributed by atoms with Gasteiger partial charge in [0.25, 0.3) is 5.91 Å². The Bertz CT molecular complexity index is 768. The minimum atomic E-state index is -0.0674. The maximum atomic E-state index is 12.9. The number of aromatic nitrogens is 2. The maximum absolute atomic E-state index is 12.9. The van der Waals surface area contributed by atoms with E-state index in [9.17, 15) is 4.79 Å². The van der Waals surface area contributed by atoms with Crippen LogP contribution in [0.15, 0.2) is 34.9 Å². The fourth-order valence-electron chi connectivity index (χ4n) is 3.21. The van der Waals surface area contributed by atoms with Gasteiger partial charge in [-0.1, -0.05) is 35.8 Å². The van der Waals surface area contributed by atoms with Gasteiger partial charge in [-0.15, -0.1) is 0 Å². The lowest BCUT2D eigenvalue weighted by molar-refractivity contribution is 0.0532. The molecule has 1 aliphatic rings. The summed E-state index contributed by atoms with van der Waals surface area (Å²) in [5.41, 5.74) is 8.55. The number of benzene rings is 1. The van der Waals surface area contributed by atoms with E-state index in [1.165, 1.54) is 0 Å². The number of nitrogens with zero attached hydrogens (tertiary/aromatic N) is 3. The molecule has 0 spiro atoms. The van der Waals surface area contributed by atoms with E-state index in [1.807, 2.05) is 36.1 Å². The number of amides is 1. The van der Waals surface area contributed by atoms with Crippen molar-refractivity contribution in [2.45, 2.75) is 33.2 Å². The molecule has 3 rings (SSSR count). The third-order valence-electron chi connectivity index (χ3n) is 4.89. The molecule has 1 atom stereocenters. The van der Waals surface area contributed by atoms with E-state index in [0.717, 1.165) is 22.3 Å². The van der Waals surface area contributed by atoms with Crippen molar-refractivity contribution in [3.05, 3.63) is 46.2 Å². The van der Waals surface area contributed by atoms with Crippen molar-refractivity contribution in [1.29, 1.82) is 0 Å². The zero-order valence-corrected chi connectivity index (χ0v) is 15.9. The van der Waals surface area contributed by atoms with E-state index in [4.69, 9.17) is 5.73 Å². The first-order valence-electron chi connectivity index (χ1n) is 8.15. The Balaban J connectivity index is 1.87.